The van der Waals surface area contributed by atoms with Crippen LogP contribution in [0.1, 0.15) is 52.7 Å². The fourth-order valence-electron chi connectivity index (χ4n) is 10.4. The first kappa shape index (κ1) is 32.4. The molecule has 10 aromatic rings. The van der Waals surface area contributed by atoms with Crippen molar-refractivity contribution in [1.82, 2.24) is 4.57 Å². The zero-order chi connectivity index (χ0) is 39.0. The average molecular weight is 750 g/mol. The Morgan fingerprint density at radius 3 is 1.98 bits per heavy atom. The predicted molar refractivity (Wildman–Crippen MR) is 243 cm³/mol. The number of aromatic nitrogens is 1. The highest BCUT2D eigenvalue weighted by molar-refractivity contribution is 7.00. The summed E-state index contributed by atoms with van der Waals surface area (Å²) in [5.41, 5.74) is 19.1. The van der Waals surface area contributed by atoms with Crippen molar-refractivity contribution in [3.63, 3.8) is 0 Å². The zero-order valence-electron chi connectivity index (χ0n) is 33.4. The van der Waals surface area contributed by atoms with Gasteiger partial charge in [-0.1, -0.05) is 108 Å². The fraction of sp³-hybridized carbons (Fsp3) is 0.154. The number of fused-ring (bicyclic) bond motifs is 14. The molecule has 0 fully saturated rings. The van der Waals surface area contributed by atoms with Gasteiger partial charge in [0.1, 0.15) is 16.7 Å². The molecule has 5 nitrogen and oxygen atoms in total. The maximum absolute atomic E-state index is 7.27. The van der Waals surface area contributed by atoms with Gasteiger partial charge in [0.25, 0.3) is 6.71 Å². The first-order chi connectivity index (χ1) is 28.0. The standard InChI is InChI=1S/C52H40BN3O2/c1-51(2,3)29-21-24-44-36(25-29)48-50(58-44)53-37-16-12-19-40-49(37)56(39-18-11-15-35-32-13-7-9-17-38(32)55(40)47(35)39)42-27-30(52(4,5)6)26-41(46(42)53)54(48)31-22-23-34-33-14-8-10-20-43(33)57-45(34)28-31/h7-28H,1-6H3. The maximum Gasteiger partial charge on any atom is 0.297 e. The van der Waals surface area contributed by atoms with E-state index in [-0.39, 0.29) is 17.5 Å². The monoisotopic (exact) mass is 749 g/mol. The van der Waals surface area contributed by atoms with E-state index < -0.39 is 0 Å². The summed E-state index contributed by atoms with van der Waals surface area (Å²) in [5, 5.41) is 5.90. The molecule has 3 aliphatic heterocycles. The normalized spacial score (nSPS) is 14.3. The SMILES string of the molecule is CC(C)(C)c1cc2c3c(c1)N1c4c(cccc4-n4c5ccccc5c5cccc1c54)B3c1oc3ccc(C(C)(C)C)cc3c1N2c1ccc2c(c1)oc1ccccc12. The number of benzene rings is 7. The second-order valence-corrected chi connectivity index (χ2v) is 18.6. The Morgan fingerprint density at radius 2 is 1.16 bits per heavy atom. The zero-order valence-corrected chi connectivity index (χ0v) is 33.4. The molecule has 0 saturated carbocycles. The molecule has 0 radical (unpaired) electrons. The van der Waals surface area contributed by atoms with E-state index in [1.165, 1.54) is 72.3 Å². The van der Waals surface area contributed by atoms with Crippen LogP contribution in [0.3, 0.4) is 0 Å². The summed E-state index contributed by atoms with van der Waals surface area (Å²) in [7, 11) is 0. The molecule has 0 bridgehead atoms. The summed E-state index contributed by atoms with van der Waals surface area (Å²) >= 11 is 0. The van der Waals surface area contributed by atoms with Crippen molar-refractivity contribution in [2.75, 3.05) is 9.80 Å². The molecule has 0 N–H and O–H groups in total. The van der Waals surface area contributed by atoms with E-state index in [1.54, 1.807) is 0 Å². The molecular weight excluding hydrogens is 709 g/mol. The van der Waals surface area contributed by atoms with Crippen LogP contribution >= 0.6 is 0 Å². The third-order valence-corrected chi connectivity index (χ3v) is 13.2. The van der Waals surface area contributed by atoms with Crippen molar-refractivity contribution in [1.29, 1.82) is 0 Å². The number of anilines is 6. The molecule has 6 heteroatoms. The lowest BCUT2D eigenvalue weighted by Gasteiger charge is -2.45. The first-order valence-electron chi connectivity index (χ1n) is 20.5. The minimum atomic E-state index is -0.139. The number of rotatable bonds is 1. The smallest absolute Gasteiger partial charge is 0.297 e. The average Bonchev–Trinajstić information content (AvgIpc) is 3.89. The fourth-order valence-corrected chi connectivity index (χ4v) is 10.4. The van der Waals surface area contributed by atoms with Crippen LogP contribution in [0.4, 0.5) is 34.1 Å². The molecule has 3 aliphatic rings. The number of para-hydroxylation sites is 4. The molecule has 58 heavy (non-hydrogen) atoms. The molecule has 0 amide bonds. The van der Waals surface area contributed by atoms with Crippen molar-refractivity contribution in [3.05, 3.63) is 145 Å². The van der Waals surface area contributed by atoms with E-state index in [2.05, 4.69) is 183 Å². The van der Waals surface area contributed by atoms with Crippen LogP contribution in [0.15, 0.2) is 142 Å². The predicted octanol–water partition coefficient (Wildman–Crippen LogP) is 12.4. The molecule has 6 heterocycles. The summed E-state index contributed by atoms with van der Waals surface area (Å²) in [6.45, 7) is 13.7. The molecule has 0 atom stereocenters. The Morgan fingerprint density at radius 1 is 0.466 bits per heavy atom. The van der Waals surface area contributed by atoms with Gasteiger partial charge in [-0.05, 0) is 93.5 Å². The molecule has 0 spiro atoms. The van der Waals surface area contributed by atoms with Gasteiger partial charge in [-0.3, -0.25) is 0 Å². The van der Waals surface area contributed by atoms with Crippen molar-refractivity contribution < 1.29 is 8.83 Å². The van der Waals surface area contributed by atoms with Crippen LogP contribution < -0.4 is 26.4 Å². The Bertz CT molecular complexity index is 3460. The Kier molecular flexibility index (Phi) is 5.95. The number of hydrogen-bond donors (Lipinski definition) is 0. The van der Waals surface area contributed by atoms with Crippen LogP contribution in [0.25, 0.3) is 60.4 Å². The van der Waals surface area contributed by atoms with Crippen LogP contribution in [-0.2, 0) is 10.8 Å². The lowest BCUT2D eigenvalue weighted by molar-refractivity contribution is 0.590. The summed E-state index contributed by atoms with van der Waals surface area (Å²) in [6.07, 6.45) is 0. The Labute approximate surface area is 336 Å². The van der Waals surface area contributed by atoms with Crippen LogP contribution in [0, 0.1) is 0 Å². The highest BCUT2D eigenvalue weighted by Crippen LogP contribution is 2.54. The molecule has 13 rings (SSSR count). The summed E-state index contributed by atoms with van der Waals surface area (Å²) in [6, 6.07) is 49.4. The van der Waals surface area contributed by atoms with Crippen molar-refractivity contribution in [2.24, 2.45) is 0 Å². The highest BCUT2D eigenvalue weighted by atomic mass is 16.3. The Balaban J connectivity index is 1.19. The van der Waals surface area contributed by atoms with Gasteiger partial charge in [0.05, 0.1) is 39.4 Å². The van der Waals surface area contributed by atoms with E-state index in [4.69, 9.17) is 8.83 Å². The topological polar surface area (TPSA) is 37.7 Å². The molecular formula is C52H40BN3O2. The van der Waals surface area contributed by atoms with Gasteiger partial charge in [-0.25, -0.2) is 0 Å². The highest BCUT2D eigenvalue weighted by Gasteiger charge is 2.49. The van der Waals surface area contributed by atoms with Gasteiger partial charge >= 0.3 is 0 Å². The van der Waals surface area contributed by atoms with Crippen molar-refractivity contribution >= 4 is 112 Å². The van der Waals surface area contributed by atoms with Crippen molar-refractivity contribution in [2.45, 2.75) is 52.4 Å². The summed E-state index contributed by atoms with van der Waals surface area (Å²) in [5.74, 6) is 0. The van der Waals surface area contributed by atoms with Crippen molar-refractivity contribution in [3.8, 4) is 5.69 Å². The lowest BCUT2D eigenvalue weighted by Crippen LogP contribution is -2.61. The maximum atomic E-state index is 7.27. The summed E-state index contributed by atoms with van der Waals surface area (Å²) in [4.78, 5) is 5.06. The minimum absolute atomic E-state index is 0.0440. The molecule has 7 aromatic carbocycles. The van der Waals surface area contributed by atoms with Crippen LogP contribution in [-0.4, -0.2) is 11.3 Å². The van der Waals surface area contributed by atoms with E-state index >= 15 is 0 Å². The number of nitrogens with zero attached hydrogens (tertiary/aromatic N) is 3. The first-order valence-corrected chi connectivity index (χ1v) is 20.5. The van der Waals surface area contributed by atoms with E-state index in [0.29, 0.717) is 0 Å². The minimum Gasteiger partial charge on any atom is -0.468 e. The number of hydrogen-bond acceptors (Lipinski definition) is 4. The molecule has 0 unspecified atom stereocenters. The van der Waals surface area contributed by atoms with Gasteiger partial charge in [-0.15, -0.1) is 0 Å². The lowest BCUT2D eigenvalue weighted by atomic mass is 9.35. The second kappa shape index (κ2) is 10.6. The van der Waals surface area contributed by atoms with Crippen LogP contribution in [0.2, 0.25) is 0 Å². The van der Waals surface area contributed by atoms with Gasteiger partial charge in [0, 0.05) is 50.1 Å². The molecule has 278 valence electrons. The molecule has 3 aromatic heterocycles. The van der Waals surface area contributed by atoms with Gasteiger partial charge < -0.3 is 23.2 Å². The third-order valence-electron chi connectivity index (χ3n) is 13.2. The quantitative estimate of drug-likeness (QED) is 0.157. The molecule has 0 aliphatic carbocycles. The van der Waals surface area contributed by atoms with Gasteiger partial charge in [0.2, 0.25) is 0 Å². The largest absolute Gasteiger partial charge is 0.468 e. The van der Waals surface area contributed by atoms with E-state index in [1.807, 2.05) is 6.07 Å². The van der Waals surface area contributed by atoms with Crippen LogP contribution in [0.5, 0.6) is 0 Å². The Hall–Kier alpha value is -6.66. The van der Waals surface area contributed by atoms with Gasteiger partial charge in [0.15, 0.2) is 0 Å². The van der Waals surface area contributed by atoms with E-state index in [9.17, 15) is 0 Å². The third kappa shape index (κ3) is 4.02. The molecule has 0 saturated heterocycles. The second-order valence-electron chi connectivity index (χ2n) is 18.6. The summed E-state index contributed by atoms with van der Waals surface area (Å²) < 4.78 is 16.3. The van der Waals surface area contributed by atoms with E-state index in [0.717, 1.165) is 49.9 Å². The van der Waals surface area contributed by atoms with Gasteiger partial charge in [-0.2, -0.15) is 0 Å². The number of furan rings is 2.